The van der Waals surface area contributed by atoms with E-state index in [4.69, 9.17) is 14.2 Å². The second-order valence-corrected chi connectivity index (χ2v) is 5.81. The highest BCUT2D eigenvalue weighted by molar-refractivity contribution is 5.30. The van der Waals surface area contributed by atoms with Gasteiger partial charge in [-0.1, -0.05) is 24.3 Å². The molecule has 1 N–H and O–H groups in total. The van der Waals surface area contributed by atoms with Crippen LogP contribution in [0.4, 0.5) is 0 Å². The Bertz CT molecular complexity index is 407. The van der Waals surface area contributed by atoms with E-state index in [0.717, 1.165) is 11.1 Å². The summed E-state index contributed by atoms with van der Waals surface area (Å²) in [6, 6.07) is 7.80. The van der Waals surface area contributed by atoms with Gasteiger partial charge < -0.3 is 19.3 Å². The quantitative estimate of drug-likeness (QED) is 0.588. The standard InChI is InChI=1S/C16H26O4/c1-15(2,17)13-7-6-8-14(11-13)16(3,4)20-12-19-10-9-18-5/h6-8,11,17H,9-10,12H2,1-5H3. The molecule has 4 nitrogen and oxygen atoms in total. The first-order chi connectivity index (χ1) is 9.27. The van der Waals surface area contributed by atoms with E-state index in [1.54, 1.807) is 21.0 Å². The van der Waals surface area contributed by atoms with Gasteiger partial charge in [0.2, 0.25) is 0 Å². The molecular formula is C16H26O4. The van der Waals surface area contributed by atoms with Gasteiger partial charge in [-0.25, -0.2) is 0 Å². The second kappa shape index (κ2) is 7.18. The summed E-state index contributed by atoms with van der Waals surface area (Å²) in [5.41, 5.74) is 0.537. The first kappa shape index (κ1) is 17.1. The summed E-state index contributed by atoms with van der Waals surface area (Å²) in [6.45, 7) is 8.78. The third kappa shape index (κ3) is 5.21. The van der Waals surface area contributed by atoms with Crippen LogP contribution in [0.3, 0.4) is 0 Å². The molecule has 114 valence electrons. The summed E-state index contributed by atoms with van der Waals surface area (Å²) in [5.74, 6) is 0. The number of methoxy groups -OCH3 is 1. The van der Waals surface area contributed by atoms with Gasteiger partial charge >= 0.3 is 0 Å². The Morgan fingerprint density at radius 1 is 1.05 bits per heavy atom. The smallest absolute Gasteiger partial charge is 0.148 e. The fraction of sp³-hybridized carbons (Fsp3) is 0.625. The van der Waals surface area contributed by atoms with Gasteiger partial charge in [0.15, 0.2) is 0 Å². The van der Waals surface area contributed by atoms with E-state index >= 15 is 0 Å². The Morgan fingerprint density at radius 3 is 2.30 bits per heavy atom. The second-order valence-electron chi connectivity index (χ2n) is 5.81. The monoisotopic (exact) mass is 282 g/mol. The topological polar surface area (TPSA) is 47.9 Å². The predicted octanol–water partition coefficient (Wildman–Crippen LogP) is 2.79. The predicted molar refractivity (Wildman–Crippen MR) is 78.5 cm³/mol. The van der Waals surface area contributed by atoms with Crippen LogP contribution in [0.5, 0.6) is 0 Å². The zero-order chi connectivity index (χ0) is 15.2. The van der Waals surface area contributed by atoms with Crippen molar-refractivity contribution in [3.8, 4) is 0 Å². The third-order valence-corrected chi connectivity index (χ3v) is 3.20. The molecule has 0 saturated carbocycles. The minimum atomic E-state index is -0.860. The van der Waals surface area contributed by atoms with Crippen molar-refractivity contribution >= 4 is 0 Å². The molecule has 0 unspecified atom stereocenters. The van der Waals surface area contributed by atoms with Gasteiger partial charge in [-0.3, -0.25) is 0 Å². The van der Waals surface area contributed by atoms with Crippen LogP contribution >= 0.6 is 0 Å². The molecule has 1 rings (SSSR count). The molecule has 20 heavy (non-hydrogen) atoms. The number of rotatable bonds is 8. The Balaban J connectivity index is 2.67. The van der Waals surface area contributed by atoms with Crippen molar-refractivity contribution in [1.29, 1.82) is 0 Å². The van der Waals surface area contributed by atoms with Gasteiger partial charge in [-0.05, 0) is 38.8 Å². The summed E-state index contributed by atoms with van der Waals surface area (Å²) in [4.78, 5) is 0. The fourth-order valence-corrected chi connectivity index (χ4v) is 1.75. The molecule has 0 aliphatic heterocycles. The van der Waals surface area contributed by atoms with Crippen LogP contribution in [0.2, 0.25) is 0 Å². The van der Waals surface area contributed by atoms with Crippen LogP contribution in [0.1, 0.15) is 38.8 Å². The molecule has 1 aromatic carbocycles. The summed E-state index contributed by atoms with van der Waals surface area (Å²) in [6.07, 6.45) is 0. The fourth-order valence-electron chi connectivity index (χ4n) is 1.75. The zero-order valence-electron chi connectivity index (χ0n) is 13.1. The summed E-state index contributed by atoms with van der Waals surface area (Å²) in [7, 11) is 1.64. The molecule has 4 heteroatoms. The van der Waals surface area contributed by atoms with E-state index in [0.29, 0.717) is 13.2 Å². The van der Waals surface area contributed by atoms with E-state index in [9.17, 15) is 5.11 Å². The Labute approximate surface area is 121 Å². The first-order valence-corrected chi connectivity index (χ1v) is 6.81. The number of benzene rings is 1. The lowest BCUT2D eigenvalue weighted by atomic mass is 9.91. The van der Waals surface area contributed by atoms with E-state index in [1.807, 2.05) is 38.1 Å². The summed E-state index contributed by atoms with van der Waals surface area (Å²) in [5, 5.41) is 10.1. The number of hydrogen-bond donors (Lipinski definition) is 1. The van der Waals surface area contributed by atoms with Gasteiger partial charge in [0.05, 0.1) is 24.4 Å². The van der Waals surface area contributed by atoms with E-state index in [2.05, 4.69) is 0 Å². The minimum Gasteiger partial charge on any atom is -0.386 e. The van der Waals surface area contributed by atoms with Crippen molar-refractivity contribution in [2.45, 2.75) is 38.9 Å². The van der Waals surface area contributed by atoms with Crippen LogP contribution in [-0.4, -0.2) is 32.2 Å². The van der Waals surface area contributed by atoms with Crippen molar-refractivity contribution in [3.63, 3.8) is 0 Å². The van der Waals surface area contributed by atoms with Crippen molar-refractivity contribution < 1.29 is 19.3 Å². The largest absolute Gasteiger partial charge is 0.386 e. The van der Waals surface area contributed by atoms with Crippen molar-refractivity contribution in [2.24, 2.45) is 0 Å². The Kier molecular flexibility index (Phi) is 6.14. The van der Waals surface area contributed by atoms with Gasteiger partial charge in [0, 0.05) is 7.11 Å². The Hall–Kier alpha value is -0.940. The zero-order valence-corrected chi connectivity index (χ0v) is 13.1. The minimum absolute atomic E-state index is 0.211. The molecule has 0 aliphatic rings. The highest BCUT2D eigenvalue weighted by atomic mass is 16.7. The number of ether oxygens (including phenoxy) is 3. The maximum Gasteiger partial charge on any atom is 0.148 e. The van der Waals surface area contributed by atoms with Crippen LogP contribution in [-0.2, 0) is 25.4 Å². The van der Waals surface area contributed by atoms with Crippen molar-refractivity contribution in [1.82, 2.24) is 0 Å². The maximum atomic E-state index is 10.1. The van der Waals surface area contributed by atoms with Gasteiger partial charge in [-0.15, -0.1) is 0 Å². The van der Waals surface area contributed by atoms with Crippen molar-refractivity contribution in [2.75, 3.05) is 27.1 Å². The van der Waals surface area contributed by atoms with E-state index < -0.39 is 11.2 Å². The molecule has 0 saturated heterocycles. The lowest BCUT2D eigenvalue weighted by Crippen LogP contribution is -2.25. The SMILES string of the molecule is COCCOCOC(C)(C)c1cccc(C(C)(C)O)c1. The molecule has 0 aromatic heterocycles. The highest BCUT2D eigenvalue weighted by Crippen LogP contribution is 2.28. The maximum absolute atomic E-state index is 10.1. The normalized spacial score (nSPS) is 12.7. The van der Waals surface area contributed by atoms with Crippen LogP contribution in [0.15, 0.2) is 24.3 Å². The number of aliphatic hydroxyl groups is 1. The number of hydrogen-bond acceptors (Lipinski definition) is 4. The van der Waals surface area contributed by atoms with Crippen LogP contribution < -0.4 is 0 Å². The van der Waals surface area contributed by atoms with Gasteiger partial charge in [0.1, 0.15) is 6.79 Å². The van der Waals surface area contributed by atoms with Crippen LogP contribution in [0, 0.1) is 0 Å². The lowest BCUT2D eigenvalue weighted by molar-refractivity contribution is -0.136. The summed E-state index contributed by atoms with van der Waals surface area (Å²) >= 11 is 0. The average molecular weight is 282 g/mol. The average Bonchev–Trinajstić information content (AvgIpc) is 2.37. The molecule has 0 spiro atoms. The first-order valence-electron chi connectivity index (χ1n) is 6.81. The van der Waals surface area contributed by atoms with E-state index in [1.165, 1.54) is 0 Å². The molecule has 0 heterocycles. The lowest BCUT2D eigenvalue weighted by Gasteiger charge is -2.28. The molecule has 0 aliphatic carbocycles. The van der Waals surface area contributed by atoms with Crippen LogP contribution in [0.25, 0.3) is 0 Å². The van der Waals surface area contributed by atoms with Crippen molar-refractivity contribution in [3.05, 3.63) is 35.4 Å². The molecule has 0 atom stereocenters. The third-order valence-electron chi connectivity index (χ3n) is 3.20. The molecule has 1 aromatic rings. The molecule has 0 amide bonds. The molecular weight excluding hydrogens is 256 g/mol. The highest BCUT2D eigenvalue weighted by Gasteiger charge is 2.24. The van der Waals surface area contributed by atoms with Gasteiger partial charge in [-0.2, -0.15) is 0 Å². The Morgan fingerprint density at radius 2 is 1.70 bits per heavy atom. The van der Waals surface area contributed by atoms with E-state index in [-0.39, 0.29) is 6.79 Å². The molecule has 0 bridgehead atoms. The van der Waals surface area contributed by atoms with Gasteiger partial charge in [0.25, 0.3) is 0 Å². The molecule has 0 fully saturated rings. The molecule has 0 radical (unpaired) electrons. The summed E-state index contributed by atoms with van der Waals surface area (Å²) < 4.78 is 16.0.